The normalized spacial score (nSPS) is 16.1. The van der Waals surface area contributed by atoms with Crippen molar-refractivity contribution in [1.29, 1.82) is 0 Å². The summed E-state index contributed by atoms with van der Waals surface area (Å²) in [7, 11) is -1.35. The van der Waals surface area contributed by atoms with Gasteiger partial charge in [-0.1, -0.05) is 49.6 Å². The Balaban J connectivity index is 1.64. The second kappa shape index (κ2) is 8.10. The predicted octanol–water partition coefficient (Wildman–Crippen LogP) is 4.81. The highest BCUT2D eigenvalue weighted by Crippen LogP contribution is 2.31. The van der Waals surface area contributed by atoms with E-state index in [1.165, 1.54) is 32.1 Å². The van der Waals surface area contributed by atoms with Gasteiger partial charge in [-0.25, -0.2) is 8.42 Å². The highest BCUT2D eigenvalue weighted by atomic mass is 32.2. The summed E-state index contributed by atoms with van der Waals surface area (Å²) in [5.74, 6) is 0. The highest BCUT2D eigenvalue weighted by Gasteiger charge is 2.24. The molecule has 1 saturated carbocycles. The van der Waals surface area contributed by atoms with Crippen LogP contribution in [0.3, 0.4) is 0 Å². The Morgan fingerprint density at radius 2 is 1.75 bits per heavy atom. The molecule has 1 aliphatic rings. The monoisotopic (exact) mass is 396 g/mol. The molecule has 1 aromatic heterocycles. The van der Waals surface area contributed by atoms with E-state index >= 15 is 0 Å². The Bertz CT molecular complexity index is 1030. The lowest BCUT2D eigenvalue weighted by atomic mass is 9.94. The van der Waals surface area contributed by atoms with E-state index in [1.807, 2.05) is 18.2 Å². The van der Waals surface area contributed by atoms with E-state index in [9.17, 15) is 8.42 Å². The van der Waals surface area contributed by atoms with Crippen molar-refractivity contribution in [2.75, 3.05) is 13.6 Å². The summed E-state index contributed by atoms with van der Waals surface area (Å²) in [6.45, 7) is 0.944. The van der Waals surface area contributed by atoms with Crippen molar-refractivity contribution in [2.45, 2.75) is 54.4 Å². The van der Waals surface area contributed by atoms with Gasteiger partial charge < -0.3 is 9.88 Å². The number of nitrogens with zero attached hydrogens (tertiary/aromatic N) is 1. The summed E-state index contributed by atoms with van der Waals surface area (Å²) < 4.78 is 26.4. The van der Waals surface area contributed by atoms with Crippen molar-refractivity contribution < 1.29 is 8.42 Å². The van der Waals surface area contributed by atoms with Crippen LogP contribution in [0.25, 0.3) is 10.9 Å². The zero-order valence-electron chi connectivity index (χ0n) is 16.4. The summed E-state index contributed by atoms with van der Waals surface area (Å²) in [4.78, 5) is 6.33. The van der Waals surface area contributed by atoms with Gasteiger partial charge >= 0.3 is 0 Å². The van der Waals surface area contributed by atoms with Crippen molar-refractivity contribution in [3.63, 3.8) is 0 Å². The third kappa shape index (κ3) is 3.74. The molecule has 0 spiro atoms. The van der Waals surface area contributed by atoms with Crippen LogP contribution in [0.5, 0.6) is 0 Å². The number of likely N-dealkylation sites (N-methyl/N-ethyl adjacent to an activating group) is 1. The number of hydrogen-bond acceptors (Lipinski definition) is 3. The third-order valence-electron chi connectivity index (χ3n) is 6.03. The predicted molar refractivity (Wildman–Crippen MR) is 113 cm³/mol. The second-order valence-corrected chi connectivity index (χ2v) is 9.75. The molecule has 0 atom stereocenters. The number of aromatic nitrogens is 1. The third-order valence-corrected chi connectivity index (χ3v) is 7.82. The van der Waals surface area contributed by atoms with Crippen LogP contribution in [-0.4, -0.2) is 37.9 Å². The van der Waals surface area contributed by atoms with Gasteiger partial charge in [-0.15, -0.1) is 0 Å². The molecule has 0 unspecified atom stereocenters. The van der Waals surface area contributed by atoms with Crippen LogP contribution in [0.1, 0.15) is 37.7 Å². The lowest BCUT2D eigenvalue weighted by Crippen LogP contribution is -2.34. The number of fused-ring (bicyclic) bond motifs is 1. The maximum atomic E-state index is 13.2. The molecule has 28 heavy (non-hydrogen) atoms. The number of hydrogen-bond donors (Lipinski definition) is 1. The van der Waals surface area contributed by atoms with Crippen LogP contribution in [-0.2, 0) is 16.3 Å². The van der Waals surface area contributed by atoms with Gasteiger partial charge in [-0.3, -0.25) is 0 Å². The molecule has 0 bridgehead atoms. The summed E-state index contributed by atoms with van der Waals surface area (Å²) >= 11 is 0. The smallest absolute Gasteiger partial charge is 0.208 e. The molecule has 0 saturated heterocycles. The van der Waals surface area contributed by atoms with Gasteiger partial charge in [0, 0.05) is 29.7 Å². The molecule has 4 rings (SSSR count). The largest absolute Gasteiger partial charge is 0.360 e. The molecule has 4 nitrogen and oxygen atoms in total. The molecule has 1 fully saturated rings. The van der Waals surface area contributed by atoms with Gasteiger partial charge in [0.1, 0.15) is 0 Å². The van der Waals surface area contributed by atoms with Crippen LogP contribution in [0, 0.1) is 0 Å². The van der Waals surface area contributed by atoms with Crippen molar-refractivity contribution in [3.05, 3.63) is 60.3 Å². The number of aromatic amines is 1. The zero-order chi connectivity index (χ0) is 19.6. The number of nitrogens with one attached hydrogen (secondary N) is 1. The Morgan fingerprint density at radius 1 is 1.00 bits per heavy atom. The van der Waals surface area contributed by atoms with Gasteiger partial charge in [0.25, 0.3) is 0 Å². The van der Waals surface area contributed by atoms with Gasteiger partial charge in [0.2, 0.25) is 9.84 Å². The first-order valence-corrected chi connectivity index (χ1v) is 11.6. The molecule has 0 amide bonds. The summed E-state index contributed by atoms with van der Waals surface area (Å²) in [5.41, 5.74) is 1.98. The van der Waals surface area contributed by atoms with Crippen LogP contribution < -0.4 is 0 Å². The van der Waals surface area contributed by atoms with Crippen LogP contribution in [0.2, 0.25) is 0 Å². The fourth-order valence-corrected chi connectivity index (χ4v) is 5.87. The van der Waals surface area contributed by atoms with Crippen LogP contribution in [0.15, 0.2) is 64.5 Å². The van der Waals surface area contributed by atoms with E-state index in [0.29, 0.717) is 15.8 Å². The van der Waals surface area contributed by atoms with Crippen molar-refractivity contribution >= 4 is 20.7 Å². The van der Waals surface area contributed by atoms with Crippen molar-refractivity contribution in [1.82, 2.24) is 9.88 Å². The lowest BCUT2D eigenvalue weighted by Gasteiger charge is -2.31. The first-order valence-electron chi connectivity index (χ1n) is 10.2. The fraction of sp³-hybridized carbons (Fsp3) is 0.391. The molecule has 2 aromatic carbocycles. The molecule has 1 heterocycles. The summed E-state index contributed by atoms with van der Waals surface area (Å²) in [6, 6.07) is 15.4. The van der Waals surface area contributed by atoms with Gasteiger partial charge in [0.05, 0.1) is 9.79 Å². The van der Waals surface area contributed by atoms with E-state index < -0.39 is 9.84 Å². The summed E-state index contributed by atoms with van der Waals surface area (Å²) in [6.07, 6.45) is 9.04. The van der Waals surface area contributed by atoms with E-state index in [0.717, 1.165) is 29.4 Å². The molecular formula is C23H28N2O2S. The molecular weight excluding hydrogens is 368 g/mol. The fourth-order valence-electron chi connectivity index (χ4n) is 4.37. The topological polar surface area (TPSA) is 53.2 Å². The van der Waals surface area contributed by atoms with Gasteiger partial charge in [-0.05, 0) is 50.1 Å². The zero-order valence-corrected chi connectivity index (χ0v) is 17.2. The van der Waals surface area contributed by atoms with Crippen LogP contribution >= 0.6 is 0 Å². The summed E-state index contributed by atoms with van der Waals surface area (Å²) in [5, 5.41) is 0.836. The van der Waals surface area contributed by atoms with Gasteiger partial charge in [0.15, 0.2) is 0 Å². The number of rotatable bonds is 6. The Kier molecular flexibility index (Phi) is 5.56. The lowest BCUT2D eigenvalue weighted by molar-refractivity contribution is 0.194. The average Bonchev–Trinajstić information content (AvgIpc) is 3.19. The highest BCUT2D eigenvalue weighted by molar-refractivity contribution is 7.91. The Hall–Kier alpha value is -2.11. The van der Waals surface area contributed by atoms with Crippen molar-refractivity contribution in [2.24, 2.45) is 0 Å². The Morgan fingerprint density at radius 3 is 2.50 bits per heavy atom. The minimum absolute atomic E-state index is 0.338. The second-order valence-electron chi connectivity index (χ2n) is 7.83. The number of H-pyrrole nitrogens is 1. The molecule has 3 aromatic rings. The number of sulfone groups is 1. The van der Waals surface area contributed by atoms with E-state index in [1.54, 1.807) is 30.5 Å². The van der Waals surface area contributed by atoms with Crippen molar-refractivity contribution in [3.8, 4) is 0 Å². The number of benzene rings is 2. The van der Waals surface area contributed by atoms with E-state index in [-0.39, 0.29) is 0 Å². The Labute approximate surface area is 167 Å². The molecule has 1 aliphatic carbocycles. The van der Waals surface area contributed by atoms with E-state index in [4.69, 9.17) is 0 Å². The standard InChI is InChI=1S/C23H28N2O2S/c1-25(19-10-4-2-5-11-19)16-15-18-9-8-14-21-23(18)22(17-24-21)28(26,27)20-12-6-3-7-13-20/h3,6-9,12-14,17,19,24H,2,4-5,10-11,15-16H2,1H3. The minimum atomic E-state index is -3.55. The minimum Gasteiger partial charge on any atom is -0.360 e. The maximum Gasteiger partial charge on any atom is 0.208 e. The molecule has 5 heteroatoms. The van der Waals surface area contributed by atoms with E-state index in [2.05, 4.69) is 23.0 Å². The SMILES string of the molecule is CN(CCc1cccc2[nH]cc(S(=O)(=O)c3ccccc3)c12)C1CCCCC1. The quantitative estimate of drug-likeness (QED) is 0.651. The molecule has 0 radical (unpaired) electrons. The first-order chi connectivity index (χ1) is 13.6. The first kappa shape index (κ1) is 19.2. The average molecular weight is 397 g/mol. The van der Waals surface area contributed by atoms with Crippen LogP contribution in [0.4, 0.5) is 0 Å². The maximum absolute atomic E-state index is 13.2. The molecule has 0 aliphatic heterocycles. The molecule has 1 N–H and O–H groups in total. The molecule has 148 valence electrons. The van der Waals surface area contributed by atoms with Gasteiger partial charge in [-0.2, -0.15) is 0 Å².